The number of hydrogen-bond donors (Lipinski definition) is 1. The molecule has 1 aromatic heterocycles. The van der Waals surface area contributed by atoms with Crippen LogP contribution in [-0.4, -0.2) is 30.0 Å². The first-order chi connectivity index (χ1) is 11.5. The van der Waals surface area contributed by atoms with Crippen LogP contribution in [0, 0.1) is 11.3 Å². The number of amides is 3. The number of nitrogens with zero attached hydrogens (tertiary/aromatic N) is 2. The van der Waals surface area contributed by atoms with Gasteiger partial charge in [0.1, 0.15) is 17.9 Å². The highest BCUT2D eigenvalue weighted by Crippen LogP contribution is 2.30. The Bertz CT molecular complexity index is 795. The second-order valence-electron chi connectivity index (χ2n) is 5.51. The number of benzene rings is 1. The number of urea groups is 1. The first kappa shape index (κ1) is 16.0. The van der Waals surface area contributed by atoms with E-state index in [1.165, 1.54) is 16.2 Å². The zero-order valence-electron chi connectivity index (χ0n) is 13.0. The van der Waals surface area contributed by atoms with Crippen LogP contribution in [0.3, 0.4) is 0 Å². The monoisotopic (exact) mass is 341 g/mol. The maximum absolute atomic E-state index is 12.6. The molecule has 1 aliphatic rings. The van der Waals surface area contributed by atoms with Crippen molar-refractivity contribution < 1.29 is 14.3 Å². The summed E-state index contributed by atoms with van der Waals surface area (Å²) in [4.78, 5) is 25.9. The normalized spacial score (nSPS) is 19.9. The molecule has 1 aliphatic heterocycles. The highest BCUT2D eigenvalue weighted by Gasteiger charge is 2.48. The van der Waals surface area contributed by atoms with E-state index in [9.17, 15) is 9.59 Å². The van der Waals surface area contributed by atoms with E-state index in [-0.39, 0.29) is 19.1 Å². The van der Waals surface area contributed by atoms with Crippen molar-refractivity contribution >= 4 is 23.3 Å². The highest BCUT2D eigenvalue weighted by molar-refractivity contribution is 7.08. The number of imide groups is 1. The minimum absolute atomic E-state index is 0.157. The summed E-state index contributed by atoms with van der Waals surface area (Å²) < 4.78 is 5.54. The van der Waals surface area contributed by atoms with Gasteiger partial charge >= 0.3 is 6.03 Å². The summed E-state index contributed by atoms with van der Waals surface area (Å²) in [6.45, 7) is 2.05. The van der Waals surface area contributed by atoms with Crippen molar-refractivity contribution in [1.29, 1.82) is 5.26 Å². The summed E-state index contributed by atoms with van der Waals surface area (Å²) in [5, 5.41) is 15.2. The van der Waals surface area contributed by atoms with Crippen LogP contribution in [0.4, 0.5) is 4.79 Å². The molecule has 7 heteroatoms. The van der Waals surface area contributed by atoms with Gasteiger partial charge in [0, 0.05) is 0 Å². The predicted octanol–water partition coefficient (Wildman–Crippen LogP) is 2.47. The molecule has 1 N–H and O–H groups in total. The van der Waals surface area contributed by atoms with Crippen molar-refractivity contribution in [3.05, 3.63) is 52.2 Å². The van der Waals surface area contributed by atoms with Crippen LogP contribution in [0.1, 0.15) is 18.1 Å². The van der Waals surface area contributed by atoms with Crippen molar-refractivity contribution in [1.82, 2.24) is 10.2 Å². The Hall–Kier alpha value is -2.85. The molecule has 6 nitrogen and oxygen atoms in total. The quantitative estimate of drug-likeness (QED) is 0.847. The topological polar surface area (TPSA) is 82.4 Å². The minimum Gasteiger partial charge on any atom is -0.492 e. The summed E-state index contributed by atoms with van der Waals surface area (Å²) in [7, 11) is 0. The molecular weight excluding hydrogens is 326 g/mol. The molecule has 0 saturated carbocycles. The van der Waals surface area contributed by atoms with Gasteiger partial charge < -0.3 is 10.1 Å². The van der Waals surface area contributed by atoms with Gasteiger partial charge in [0.15, 0.2) is 0 Å². The Kier molecular flexibility index (Phi) is 4.23. The number of nitrogens with one attached hydrogen (secondary N) is 1. The second kappa shape index (κ2) is 6.34. The summed E-state index contributed by atoms with van der Waals surface area (Å²) in [6, 6.07) is 10.1. The lowest BCUT2D eigenvalue weighted by Gasteiger charge is -2.20. The van der Waals surface area contributed by atoms with E-state index in [0.29, 0.717) is 11.3 Å². The average molecular weight is 341 g/mol. The summed E-state index contributed by atoms with van der Waals surface area (Å²) in [5.41, 5.74) is 0.301. The lowest BCUT2D eigenvalue weighted by molar-refractivity contribution is -0.131. The number of ether oxygens (including phenoxy) is 1. The molecule has 3 rings (SSSR count). The number of thiophene rings is 1. The molecule has 1 fully saturated rings. The van der Waals surface area contributed by atoms with Crippen LogP contribution in [-0.2, 0) is 10.3 Å². The van der Waals surface area contributed by atoms with E-state index in [2.05, 4.69) is 5.32 Å². The Morgan fingerprint density at radius 2 is 2.04 bits per heavy atom. The molecule has 0 radical (unpaired) electrons. The standard InChI is InChI=1S/C17H15N3O3S/c1-17(13-6-9-24-11-13)15(21)20(16(22)19-17)7-8-23-14-4-2-12(10-18)3-5-14/h2-6,9,11H,7-8H2,1H3,(H,19,22)/t17-/m1/s1. The molecule has 1 atom stereocenters. The number of rotatable bonds is 5. The molecule has 3 amide bonds. The SMILES string of the molecule is C[C@]1(c2ccsc2)NC(=O)N(CCOc2ccc(C#N)cc2)C1=O. The number of carbonyl (C=O) groups excluding carboxylic acids is 2. The van der Waals surface area contributed by atoms with Crippen molar-refractivity contribution in [2.24, 2.45) is 0 Å². The summed E-state index contributed by atoms with van der Waals surface area (Å²) in [5.74, 6) is 0.302. The van der Waals surface area contributed by atoms with Gasteiger partial charge in [-0.15, -0.1) is 0 Å². The molecule has 0 bridgehead atoms. The van der Waals surface area contributed by atoms with Gasteiger partial charge in [-0.1, -0.05) is 0 Å². The average Bonchev–Trinajstić information content (AvgIpc) is 3.19. The molecular formula is C17H15N3O3S. The fourth-order valence-corrected chi connectivity index (χ4v) is 3.29. The molecule has 2 aromatic rings. The highest BCUT2D eigenvalue weighted by atomic mass is 32.1. The molecule has 1 aromatic carbocycles. The van der Waals surface area contributed by atoms with Gasteiger partial charge in [0.2, 0.25) is 0 Å². The van der Waals surface area contributed by atoms with Crippen molar-refractivity contribution in [3.63, 3.8) is 0 Å². The summed E-state index contributed by atoms with van der Waals surface area (Å²) in [6.07, 6.45) is 0. The molecule has 2 heterocycles. The third kappa shape index (κ3) is 2.84. The van der Waals surface area contributed by atoms with Crippen molar-refractivity contribution in [3.8, 4) is 11.8 Å². The van der Waals surface area contributed by atoms with E-state index in [0.717, 1.165) is 5.56 Å². The number of hydrogen-bond acceptors (Lipinski definition) is 5. The van der Waals surface area contributed by atoms with Crippen molar-refractivity contribution in [2.75, 3.05) is 13.2 Å². The van der Waals surface area contributed by atoms with Crippen LogP contribution in [0.25, 0.3) is 0 Å². The van der Waals surface area contributed by atoms with E-state index >= 15 is 0 Å². The van der Waals surface area contributed by atoms with Crippen LogP contribution in [0.5, 0.6) is 5.75 Å². The van der Waals surface area contributed by atoms with Crippen LogP contribution < -0.4 is 10.1 Å². The number of carbonyl (C=O) groups is 2. The van der Waals surface area contributed by atoms with Gasteiger partial charge in [0.25, 0.3) is 5.91 Å². The van der Waals surface area contributed by atoms with Gasteiger partial charge in [-0.25, -0.2) is 4.79 Å². The van der Waals surface area contributed by atoms with Crippen LogP contribution >= 0.6 is 11.3 Å². The Balaban J connectivity index is 1.62. The lowest BCUT2D eigenvalue weighted by Crippen LogP contribution is -2.41. The molecule has 0 aliphatic carbocycles. The molecule has 1 saturated heterocycles. The molecule has 24 heavy (non-hydrogen) atoms. The minimum atomic E-state index is -1.02. The zero-order chi connectivity index (χ0) is 17.2. The van der Waals surface area contributed by atoms with Gasteiger partial charge in [-0.2, -0.15) is 16.6 Å². The largest absolute Gasteiger partial charge is 0.492 e. The summed E-state index contributed by atoms with van der Waals surface area (Å²) >= 11 is 1.48. The molecule has 0 unspecified atom stereocenters. The van der Waals surface area contributed by atoms with Crippen LogP contribution in [0.15, 0.2) is 41.1 Å². The first-order valence-corrected chi connectivity index (χ1v) is 8.28. The third-order valence-corrected chi connectivity index (χ3v) is 4.62. The smallest absolute Gasteiger partial charge is 0.325 e. The Labute approximate surface area is 143 Å². The van der Waals surface area contributed by atoms with E-state index in [4.69, 9.17) is 10.00 Å². The second-order valence-corrected chi connectivity index (χ2v) is 6.29. The zero-order valence-corrected chi connectivity index (χ0v) is 13.8. The van der Waals surface area contributed by atoms with Gasteiger partial charge in [-0.05, 0) is 53.6 Å². The van der Waals surface area contributed by atoms with Gasteiger partial charge in [-0.3, -0.25) is 9.69 Å². The first-order valence-electron chi connectivity index (χ1n) is 7.34. The Morgan fingerprint density at radius 3 is 2.67 bits per heavy atom. The number of nitriles is 1. The molecule has 0 spiro atoms. The third-order valence-electron chi connectivity index (χ3n) is 3.94. The maximum atomic E-state index is 12.6. The van der Waals surface area contributed by atoms with E-state index < -0.39 is 11.6 Å². The van der Waals surface area contributed by atoms with E-state index in [1.54, 1.807) is 31.2 Å². The van der Waals surface area contributed by atoms with Crippen molar-refractivity contribution in [2.45, 2.75) is 12.5 Å². The predicted molar refractivity (Wildman–Crippen MR) is 88.6 cm³/mol. The fourth-order valence-electron chi connectivity index (χ4n) is 2.53. The maximum Gasteiger partial charge on any atom is 0.325 e. The molecule has 122 valence electrons. The van der Waals surface area contributed by atoms with Crippen LogP contribution in [0.2, 0.25) is 0 Å². The lowest BCUT2D eigenvalue weighted by atomic mass is 9.95. The Morgan fingerprint density at radius 1 is 1.29 bits per heavy atom. The fraction of sp³-hybridized carbons (Fsp3) is 0.235. The van der Waals surface area contributed by atoms with Gasteiger partial charge in [0.05, 0.1) is 18.2 Å². The van der Waals surface area contributed by atoms with E-state index in [1.807, 2.05) is 22.9 Å².